The van der Waals surface area contributed by atoms with Crippen LogP contribution < -0.4 is 5.32 Å². The average molecular weight is 286 g/mol. The standard InChI is InChI=1S/C17H26N4/c1-5-17(7-6-8-17)12-19-15-13-11-14(16(2,3)4)20-21(13)10-9-18-15/h9-11H,5-8,12H2,1-4H3,(H,18,19). The number of hydrogen-bond donors (Lipinski definition) is 1. The van der Waals surface area contributed by atoms with E-state index in [0.29, 0.717) is 5.41 Å². The van der Waals surface area contributed by atoms with Gasteiger partial charge in [0, 0.05) is 24.4 Å². The molecule has 0 aromatic carbocycles. The van der Waals surface area contributed by atoms with Crippen LogP contribution in [0.3, 0.4) is 0 Å². The number of anilines is 1. The van der Waals surface area contributed by atoms with Crippen molar-refractivity contribution < 1.29 is 0 Å². The van der Waals surface area contributed by atoms with Gasteiger partial charge in [0.2, 0.25) is 0 Å². The van der Waals surface area contributed by atoms with Crippen LogP contribution in [0.5, 0.6) is 0 Å². The van der Waals surface area contributed by atoms with Crippen LogP contribution in [-0.2, 0) is 5.41 Å². The molecule has 1 aliphatic carbocycles. The van der Waals surface area contributed by atoms with Gasteiger partial charge in [-0.25, -0.2) is 9.50 Å². The Morgan fingerprint density at radius 3 is 2.67 bits per heavy atom. The number of nitrogens with one attached hydrogen (secondary N) is 1. The normalized spacial score (nSPS) is 17.7. The molecular weight excluding hydrogens is 260 g/mol. The Balaban J connectivity index is 1.86. The summed E-state index contributed by atoms with van der Waals surface area (Å²) < 4.78 is 1.94. The number of nitrogens with zero attached hydrogens (tertiary/aromatic N) is 3. The van der Waals surface area contributed by atoms with Gasteiger partial charge in [-0.15, -0.1) is 0 Å². The number of fused-ring (bicyclic) bond motifs is 1. The summed E-state index contributed by atoms with van der Waals surface area (Å²) in [4.78, 5) is 4.53. The van der Waals surface area contributed by atoms with Crippen LogP contribution in [0.2, 0.25) is 0 Å². The smallest absolute Gasteiger partial charge is 0.152 e. The molecule has 21 heavy (non-hydrogen) atoms. The predicted octanol–water partition coefficient (Wildman–Crippen LogP) is 4.02. The molecule has 0 saturated heterocycles. The molecule has 0 bridgehead atoms. The van der Waals surface area contributed by atoms with Crippen molar-refractivity contribution >= 4 is 11.3 Å². The van der Waals surface area contributed by atoms with Gasteiger partial charge >= 0.3 is 0 Å². The minimum Gasteiger partial charge on any atom is -0.368 e. The summed E-state index contributed by atoms with van der Waals surface area (Å²) >= 11 is 0. The molecule has 0 atom stereocenters. The lowest BCUT2D eigenvalue weighted by molar-refractivity contribution is 0.145. The molecule has 0 spiro atoms. The Morgan fingerprint density at radius 1 is 1.33 bits per heavy atom. The first-order chi connectivity index (χ1) is 9.93. The van der Waals surface area contributed by atoms with Crippen molar-refractivity contribution in [3.63, 3.8) is 0 Å². The Kier molecular flexibility index (Phi) is 3.42. The fourth-order valence-electron chi connectivity index (χ4n) is 3.03. The van der Waals surface area contributed by atoms with Crippen molar-refractivity contribution in [2.45, 2.75) is 58.8 Å². The highest BCUT2D eigenvalue weighted by molar-refractivity contribution is 5.68. The van der Waals surface area contributed by atoms with Crippen LogP contribution in [0.25, 0.3) is 5.52 Å². The van der Waals surface area contributed by atoms with E-state index in [1.807, 2.05) is 16.9 Å². The van der Waals surface area contributed by atoms with Crippen molar-refractivity contribution in [3.8, 4) is 0 Å². The van der Waals surface area contributed by atoms with Crippen molar-refractivity contribution in [2.75, 3.05) is 11.9 Å². The molecule has 4 heteroatoms. The van der Waals surface area contributed by atoms with Gasteiger partial charge in [-0.1, -0.05) is 34.1 Å². The van der Waals surface area contributed by atoms with Crippen LogP contribution in [0, 0.1) is 5.41 Å². The Morgan fingerprint density at radius 2 is 2.10 bits per heavy atom. The van der Waals surface area contributed by atoms with Crippen LogP contribution >= 0.6 is 0 Å². The molecule has 1 saturated carbocycles. The van der Waals surface area contributed by atoms with E-state index in [0.717, 1.165) is 23.6 Å². The molecule has 2 aromatic heterocycles. The van der Waals surface area contributed by atoms with Gasteiger partial charge in [-0.2, -0.15) is 5.10 Å². The van der Waals surface area contributed by atoms with Gasteiger partial charge in [0.1, 0.15) is 5.52 Å². The Hall–Kier alpha value is -1.58. The minimum atomic E-state index is 0.0574. The minimum absolute atomic E-state index is 0.0574. The fourth-order valence-corrected chi connectivity index (χ4v) is 3.03. The second kappa shape index (κ2) is 5.00. The predicted molar refractivity (Wildman–Crippen MR) is 86.8 cm³/mol. The van der Waals surface area contributed by atoms with Crippen LogP contribution in [0.1, 0.15) is 59.1 Å². The van der Waals surface area contributed by atoms with E-state index in [9.17, 15) is 0 Å². The molecule has 2 aromatic rings. The summed E-state index contributed by atoms with van der Waals surface area (Å²) in [5.74, 6) is 0.959. The second-order valence-corrected chi connectivity index (χ2v) is 7.45. The maximum absolute atomic E-state index is 4.68. The second-order valence-electron chi connectivity index (χ2n) is 7.45. The number of aromatic nitrogens is 3. The number of hydrogen-bond acceptors (Lipinski definition) is 3. The van der Waals surface area contributed by atoms with E-state index in [1.54, 1.807) is 0 Å². The van der Waals surface area contributed by atoms with E-state index in [1.165, 1.54) is 25.7 Å². The average Bonchev–Trinajstić information content (AvgIpc) is 2.82. The fraction of sp³-hybridized carbons (Fsp3) is 0.647. The highest BCUT2D eigenvalue weighted by atomic mass is 15.2. The van der Waals surface area contributed by atoms with E-state index in [-0.39, 0.29) is 5.41 Å². The van der Waals surface area contributed by atoms with Crippen molar-refractivity contribution in [1.29, 1.82) is 0 Å². The third-order valence-electron chi connectivity index (χ3n) is 4.95. The lowest BCUT2D eigenvalue weighted by atomic mass is 9.67. The molecule has 1 fully saturated rings. The van der Waals surface area contributed by atoms with Crippen LogP contribution in [0.15, 0.2) is 18.5 Å². The zero-order chi connectivity index (χ0) is 15.1. The Labute approximate surface area is 127 Å². The molecule has 2 heterocycles. The monoisotopic (exact) mass is 286 g/mol. The summed E-state index contributed by atoms with van der Waals surface area (Å²) in [6, 6.07) is 2.16. The summed E-state index contributed by atoms with van der Waals surface area (Å²) in [6.07, 6.45) is 9.05. The topological polar surface area (TPSA) is 42.2 Å². The molecule has 114 valence electrons. The van der Waals surface area contributed by atoms with Gasteiger partial charge in [0.05, 0.1) is 5.69 Å². The first-order valence-electron chi connectivity index (χ1n) is 8.02. The lowest BCUT2D eigenvalue weighted by Gasteiger charge is -2.41. The Bertz CT molecular complexity index is 626. The maximum Gasteiger partial charge on any atom is 0.152 e. The van der Waals surface area contributed by atoms with Crippen LogP contribution in [0.4, 0.5) is 5.82 Å². The third-order valence-corrected chi connectivity index (χ3v) is 4.95. The summed E-state index contributed by atoms with van der Waals surface area (Å²) in [7, 11) is 0. The maximum atomic E-state index is 4.68. The molecule has 1 aliphatic rings. The van der Waals surface area contributed by atoms with Gasteiger partial charge in [0.15, 0.2) is 5.82 Å². The molecule has 0 aliphatic heterocycles. The quantitative estimate of drug-likeness (QED) is 0.923. The van der Waals surface area contributed by atoms with Gasteiger partial charge in [0.25, 0.3) is 0 Å². The first-order valence-corrected chi connectivity index (χ1v) is 8.02. The zero-order valence-electron chi connectivity index (χ0n) is 13.6. The highest BCUT2D eigenvalue weighted by Crippen LogP contribution is 2.43. The molecular formula is C17H26N4. The molecule has 0 amide bonds. The van der Waals surface area contributed by atoms with E-state index in [4.69, 9.17) is 0 Å². The van der Waals surface area contributed by atoms with Crippen molar-refractivity contribution in [3.05, 3.63) is 24.2 Å². The summed E-state index contributed by atoms with van der Waals surface area (Å²) in [5, 5.41) is 8.25. The largest absolute Gasteiger partial charge is 0.368 e. The zero-order valence-corrected chi connectivity index (χ0v) is 13.6. The van der Waals surface area contributed by atoms with Crippen molar-refractivity contribution in [2.24, 2.45) is 5.41 Å². The van der Waals surface area contributed by atoms with E-state index >= 15 is 0 Å². The number of rotatable bonds is 4. The van der Waals surface area contributed by atoms with E-state index in [2.05, 4.69) is 49.2 Å². The molecule has 3 rings (SSSR count). The van der Waals surface area contributed by atoms with Gasteiger partial charge in [-0.05, 0) is 30.7 Å². The van der Waals surface area contributed by atoms with Crippen molar-refractivity contribution in [1.82, 2.24) is 14.6 Å². The van der Waals surface area contributed by atoms with E-state index < -0.39 is 0 Å². The van der Waals surface area contributed by atoms with Gasteiger partial charge < -0.3 is 5.32 Å². The molecule has 1 N–H and O–H groups in total. The molecule has 4 nitrogen and oxygen atoms in total. The SMILES string of the molecule is CCC1(CNc2nccn3nc(C(C)(C)C)cc23)CCC1. The molecule has 0 radical (unpaired) electrons. The highest BCUT2D eigenvalue weighted by Gasteiger charge is 2.34. The van der Waals surface area contributed by atoms with Gasteiger partial charge in [-0.3, -0.25) is 0 Å². The summed E-state index contributed by atoms with van der Waals surface area (Å²) in [5.41, 5.74) is 2.73. The molecule has 0 unspecified atom stereocenters. The van der Waals surface area contributed by atoms with Crippen LogP contribution in [-0.4, -0.2) is 21.1 Å². The summed E-state index contributed by atoms with van der Waals surface area (Å²) in [6.45, 7) is 9.89. The lowest BCUT2D eigenvalue weighted by Crippen LogP contribution is -2.36. The first kappa shape index (κ1) is 14.4. The third kappa shape index (κ3) is 2.63.